The molecule has 0 aromatic carbocycles. The van der Waals surface area contributed by atoms with Gasteiger partial charge in [0.1, 0.15) is 11.4 Å². The normalized spacial score (nSPS) is 14.8. The molecule has 0 saturated heterocycles. The van der Waals surface area contributed by atoms with E-state index in [0.717, 1.165) is 0 Å². The van der Waals surface area contributed by atoms with Crippen molar-refractivity contribution in [2.75, 3.05) is 0 Å². The van der Waals surface area contributed by atoms with E-state index in [1.54, 1.807) is 20.9 Å². The Morgan fingerprint density at radius 1 is 1.62 bits per heavy atom. The van der Waals surface area contributed by atoms with Crippen LogP contribution in [0.15, 0.2) is 0 Å². The third kappa shape index (κ3) is 2.06. The van der Waals surface area contributed by atoms with E-state index in [1.807, 2.05) is 6.92 Å². The largest absolute Gasteiger partial charge is 0.393 e. The van der Waals surface area contributed by atoms with Crippen LogP contribution in [0.2, 0.25) is 0 Å². The van der Waals surface area contributed by atoms with Crippen LogP contribution < -0.4 is 0 Å². The number of aryl methyl sites for hydroxylation is 2. The van der Waals surface area contributed by atoms with Crippen molar-refractivity contribution in [3.05, 3.63) is 21.5 Å². The van der Waals surface area contributed by atoms with Gasteiger partial charge in [0.05, 0.1) is 11.0 Å². The van der Waals surface area contributed by atoms with Gasteiger partial charge in [0.25, 0.3) is 0 Å². The monoisotopic (exact) mass is 227 g/mol. The molecule has 0 aliphatic heterocycles. The molecule has 90 valence electrons. The van der Waals surface area contributed by atoms with Gasteiger partial charge in [-0.25, -0.2) is 0 Å². The van der Waals surface area contributed by atoms with Crippen molar-refractivity contribution >= 4 is 5.69 Å². The van der Waals surface area contributed by atoms with Crippen molar-refractivity contribution in [2.24, 2.45) is 7.05 Å². The smallest absolute Gasteiger partial charge is 0.313 e. The van der Waals surface area contributed by atoms with Gasteiger partial charge < -0.3 is 5.11 Å². The summed E-state index contributed by atoms with van der Waals surface area (Å²) < 4.78 is 1.49. The van der Waals surface area contributed by atoms with Gasteiger partial charge in [-0.15, -0.1) is 0 Å². The summed E-state index contributed by atoms with van der Waals surface area (Å²) in [6, 6.07) is 0. The van der Waals surface area contributed by atoms with Crippen LogP contribution in [0.3, 0.4) is 0 Å². The van der Waals surface area contributed by atoms with E-state index in [1.165, 1.54) is 4.68 Å². The second-order valence-electron chi connectivity index (χ2n) is 3.96. The Kier molecular flexibility index (Phi) is 3.64. The molecule has 2 unspecified atom stereocenters. The zero-order valence-corrected chi connectivity index (χ0v) is 9.97. The van der Waals surface area contributed by atoms with E-state index in [0.29, 0.717) is 17.8 Å². The van der Waals surface area contributed by atoms with Crippen molar-refractivity contribution in [3.8, 4) is 0 Å². The summed E-state index contributed by atoms with van der Waals surface area (Å²) in [6.07, 6.45) is 0.01000. The molecule has 1 aromatic rings. The van der Waals surface area contributed by atoms with Crippen molar-refractivity contribution in [1.29, 1.82) is 0 Å². The highest BCUT2D eigenvalue weighted by atomic mass is 16.6. The van der Waals surface area contributed by atoms with E-state index in [2.05, 4.69) is 5.10 Å². The predicted octanol–water partition coefficient (Wildman–Crippen LogP) is 1.51. The molecule has 0 amide bonds. The van der Waals surface area contributed by atoms with Crippen LogP contribution >= 0.6 is 0 Å². The molecule has 0 saturated carbocycles. The standard InChI is InChI=1S/C10H17N3O3/c1-5-8(7(3)14)10-9(13(15)16)6(2)11-12(10)4/h7-8,14H,5H2,1-4H3. The van der Waals surface area contributed by atoms with E-state index < -0.39 is 11.0 Å². The average molecular weight is 227 g/mol. The Bertz CT molecular complexity index is 398. The number of aromatic nitrogens is 2. The van der Waals surface area contributed by atoms with Crippen LogP contribution in [-0.4, -0.2) is 25.9 Å². The van der Waals surface area contributed by atoms with Crippen LogP contribution in [0.25, 0.3) is 0 Å². The molecule has 0 spiro atoms. The minimum absolute atomic E-state index is 0.0234. The Morgan fingerprint density at radius 2 is 2.19 bits per heavy atom. The highest BCUT2D eigenvalue weighted by molar-refractivity contribution is 5.42. The lowest BCUT2D eigenvalue weighted by Crippen LogP contribution is -2.18. The van der Waals surface area contributed by atoms with Crippen LogP contribution in [0.4, 0.5) is 5.69 Å². The molecule has 0 aliphatic rings. The van der Waals surface area contributed by atoms with Crippen LogP contribution in [0.1, 0.15) is 37.6 Å². The van der Waals surface area contributed by atoms with Crippen molar-refractivity contribution in [3.63, 3.8) is 0 Å². The summed E-state index contributed by atoms with van der Waals surface area (Å²) in [4.78, 5) is 10.5. The minimum Gasteiger partial charge on any atom is -0.393 e. The molecule has 16 heavy (non-hydrogen) atoms. The molecule has 1 heterocycles. The summed E-state index contributed by atoms with van der Waals surface area (Å²) in [5, 5.41) is 24.7. The first-order valence-electron chi connectivity index (χ1n) is 5.26. The molecule has 1 aromatic heterocycles. The first-order valence-corrected chi connectivity index (χ1v) is 5.26. The fraction of sp³-hybridized carbons (Fsp3) is 0.700. The van der Waals surface area contributed by atoms with Gasteiger partial charge in [-0.1, -0.05) is 6.92 Å². The summed E-state index contributed by atoms with van der Waals surface area (Å²) >= 11 is 0. The number of nitrogens with zero attached hydrogens (tertiary/aromatic N) is 3. The average Bonchev–Trinajstić information content (AvgIpc) is 2.42. The maximum atomic E-state index is 11.0. The molecule has 2 atom stereocenters. The van der Waals surface area contributed by atoms with Gasteiger partial charge in [-0.2, -0.15) is 5.10 Å². The molecule has 1 N–H and O–H groups in total. The lowest BCUT2D eigenvalue weighted by Gasteiger charge is -2.17. The van der Waals surface area contributed by atoms with Gasteiger partial charge in [0, 0.05) is 13.0 Å². The van der Waals surface area contributed by atoms with E-state index in [-0.39, 0.29) is 11.6 Å². The Morgan fingerprint density at radius 3 is 2.56 bits per heavy atom. The zero-order valence-electron chi connectivity index (χ0n) is 9.97. The second kappa shape index (κ2) is 4.61. The Balaban J connectivity index is 3.35. The molecule has 0 bridgehead atoms. The summed E-state index contributed by atoms with van der Waals surface area (Å²) in [7, 11) is 1.67. The number of rotatable bonds is 4. The SMILES string of the molecule is CCC(c1c([N+](=O)[O-])c(C)nn1C)C(C)O. The van der Waals surface area contributed by atoms with Gasteiger partial charge in [0.15, 0.2) is 0 Å². The summed E-state index contributed by atoms with van der Waals surface area (Å²) in [5.41, 5.74) is 0.914. The van der Waals surface area contributed by atoms with Gasteiger partial charge in [0.2, 0.25) is 0 Å². The number of aliphatic hydroxyl groups excluding tert-OH is 1. The molecule has 0 fully saturated rings. The molecular formula is C10H17N3O3. The number of nitro groups is 1. The van der Waals surface area contributed by atoms with E-state index in [4.69, 9.17) is 0 Å². The number of hydrogen-bond donors (Lipinski definition) is 1. The van der Waals surface area contributed by atoms with Gasteiger partial charge in [-0.05, 0) is 20.3 Å². The lowest BCUT2D eigenvalue weighted by molar-refractivity contribution is -0.386. The fourth-order valence-corrected chi connectivity index (χ4v) is 2.07. The minimum atomic E-state index is -0.626. The molecule has 6 nitrogen and oxygen atoms in total. The molecular weight excluding hydrogens is 210 g/mol. The quantitative estimate of drug-likeness (QED) is 0.624. The molecule has 1 rings (SSSR count). The zero-order chi connectivity index (χ0) is 12.5. The van der Waals surface area contributed by atoms with Crippen molar-refractivity contribution in [2.45, 2.75) is 39.2 Å². The first-order chi connectivity index (χ1) is 7.40. The number of aliphatic hydroxyl groups is 1. The molecule has 6 heteroatoms. The molecule has 0 radical (unpaired) electrons. The van der Waals surface area contributed by atoms with Crippen LogP contribution in [0.5, 0.6) is 0 Å². The molecule has 0 aliphatic carbocycles. The fourth-order valence-electron chi connectivity index (χ4n) is 2.07. The van der Waals surface area contributed by atoms with E-state index >= 15 is 0 Å². The predicted molar refractivity (Wildman–Crippen MR) is 59.3 cm³/mol. The van der Waals surface area contributed by atoms with E-state index in [9.17, 15) is 15.2 Å². The Labute approximate surface area is 94.0 Å². The lowest BCUT2D eigenvalue weighted by atomic mass is 9.95. The van der Waals surface area contributed by atoms with Gasteiger partial charge in [-0.3, -0.25) is 14.8 Å². The Hall–Kier alpha value is -1.43. The third-order valence-corrected chi connectivity index (χ3v) is 2.79. The highest BCUT2D eigenvalue weighted by Gasteiger charge is 2.31. The summed E-state index contributed by atoms with van der Waals surface area (Å²) in [5.74, 6) is -0.258. The van der Waals surface area contributed by atoms with Crippen molar-refractivity contribution < 1.29 is 10.0 Å². The third-order valence-electron chi connectivity index (χ3n) is 2.79. The maximum absolute atomic E-state index is 11.0. The van der Waals surface area contributed by atoms with Gasteiger partial charge >= 0.3 is 5.69 Å². The summed E-state index contributed by atoms with van der Waals surface area (Å²) in [6.45, 7) is 5.14. The van der Waals surface area contributed by atoms with Crippen LogP contribution in [-0.2, 0) is 7.05 Å². The number of hydrogen-bond acceptors (Lipinski definition) is 4. The van der Waals surface area contributed by atoms with Crippen LogP contribution in [0, 0.1) is 17.0 Å². The highest BCUT2D eigenvalue weighted by Crippen LogP contribution is 2.33. The second-order valence-corrected chi connectivity index (χ2v) is 3.96. The van der Waals surface area contributed by atoms with Crippen molar-refractivity contribution in [1.82, 2.24) is 9.78 Å². The first kappa shape index (κ1) is 12.6. The maximum Gasteiger partial charge on any atom is 0.313 e. The topological polar surface area (TPSA) is 81.2 Å².